The van der Waals surface area contributed by atoms with E-state index in [1.165, 1.54) is 29.9 Å². The molecular formula is C32H29N3O7S2. The van der Waals surface area contributed by atoms with Gasteiger partial charge in [0.2, 0.25) is 0 Å². The number of rotatable bonds is 10. The zero-order valence-corrected chi connectivity index (χ0v) is 26.1. The van der Waals surface area contributed by atoms with Crippen molar-refractivity contribution in [2.75, 3.05) is 20.0 Å². The van der Waals surface area contributed by atoms with Gasteiger partial charge in [0.05, 0.1) is 52.1 Å². The van der Waals surface area contributed by atoms with Gasteiger partial charge in [-0.05, 0) is 55.5 Å². The van der Waals surface area contributed by atoms with Crippen molar-refractivity contribution in [3.63, 3.8) is 0 Å². The van der Waals surface area contributed by atoms with Crippen molar-refractivity contribution in [3.8, 4) is 11.5 Å². The molecule has 10 nitrogen and oxygen atoms in total. The number of allylic oxidation sites excluding steroid dienone is 1. The molecule has 44 heavy (non-hydrogen) atoms. The normalized spacial score (nSPS) is 14.5. The summed E-state index contributed by atoms with van der Waals surface area (Å²) in [4.78, 5) is 44.7. The van der Waals surface area contributed by atoms with Crippen LogP contribution in [0, 0.1) is 10.1 Å². The highest BCUT2D eigenvalue weighted by Crippen LogP contribution is 2.36. The minimum absolute atomic E-state index is 0.159. The van der Waals surface area contributed by atoms with Gasteiger partial charge >= 0.3 is 5.97 Å². The molecule has 3 aromatic carbocycles. The van der Waals surface area contributed by atoms with Crippen LogP contribution in [0.1, 0.15) is 36.6 Å². The van der Waals surface area contributed by atoms with Crippen LogP contribution in [0.25, 0.3) is 6.08 Å². The van der Waals surface area contributed by atoms with Gasteiger partial charge in [-0.3, -0.25) is 19.5 Å². The molecule has 0 saturated heterocycles. The SMILES string of the molecule is CCOC(=O)C1=C(C)N=c2s/c(=C\c3cc(OC)c(OCc4ccccc4)cc3[N+](=O)[O-])c(=O)n2[C@H]1c1ccc(SC)cc1. The first-order valence-corrected chi connectivity index (χ1v) is 15.7. The first-order chi connectivity index (χ1) is 21.2. The number of fused-ring (bicyclic) bond motifs is 1. The molecule has 2 heterocycles. The van der Waals surface area contributed by atoms with Crippen molar-refractivity contribution < 1.29 is 23.9 Å². The fourth-order valence-corrected chi connectivity index (χ4v) is 6.33. The van der Waals surface area contributed by atoms with Crippen molar-refractivity contribution in [3.05, 3.63) is 124 Å². The third kappa shape index (κ3) is 6.17. The largest absolute Gasteiger partial charge is 0.493 e. The van der Waals surface area contributed by atoms with Crippen LogP contribution >= 0.6 is 23.1 Å². The molecule has 0 radical (unpaired) electrons. The number of benzene rings is 3. The number of carbonyl (C=O) groups excluding carboxylic acids is 1. The maximum absolute atomic E-state index is 14.0. The molecule has 12 heteroatoms. The van der Waals surface area contributed by atoms with Crippen LogP contribution in [0.2, 0.25) is 0 Å². The molecule has 0 fully saturated rings. The molecule has 0 spiro atoms. The predicted octanol–water partition coefficient (Wildman–Crippen LogP) is 5.02. The van der Waals surface area contributed by atoms with Gasteiger partial charge < -0.3 is 14.2 Å². The van der Waals surface area contributed by atoms with E-state index >= 15 is 0 Å². The number of nitro benzene ring substituents is 1. The second-order valence-corrected chi connectivity index (χ2v) is 11.6. The van der Waals surface area contributed by atoms with Crippen LogP contribution in [0.15, 0.2) is 92.7 Å². The van der Waals surface area contributed by atoms with Crippen LogP contribution < -0.4 is 24.4 Å². The van der Waals surface area contributed by atoms with Crippen LogP contribution in [-0.4, -0.2) is 35.4 Å². The van der Waals surface area contributed by atoms with Gasteiger partial charge in [-0.25, -0.2) is 9.79 Å². The number of hydrogen-bond acceptors (Lipinski definition) is 10. The minimum atomic E-state index is -0.790. The number of methoxy groups -OCH3 is 1. The lowest BCUT2D eigenvalue weighted by atomic mass is 9.96. The summed E-state index contributed by atoms with van der Waals surface area (Å²) in [5.41, 5.74) is 1.74. The average Bonchev–Trinajstić information content (AvgIpc) is 3.33. The Balaban J connectivity index is 1.64. The molecule has 0 N–H and O–H groups in total. The van der Waals surface area contributed by atoms with Crippen molar-refractivity contribution >= 4 is 40.8 Å². The molecule has 0 amide bonds. The topological polar surface area (TPSA) is 122 Å². The molecule has 1 aliphatic heterocycles. The van der Waals surface area contributed by atoms with E-state index in [1.807, 2.05) is 60.9 Å². The number of thiazole rings is 1. The average molecular weight is 632 g/mol. The van der Waals surface area contributed by atoms with Crippen LogP contribution in [0.3, 0.4) is 0 Å². The number of ether oxygens (including phenoxy) is 3. The van der Waals surface area contributed by atoms with E-state index in [1.54, 1.807) is 25.6 Å². The quantitative estimate of drug-likeness (QED) is 0.104. The highest BCUT2D eigenvalue weighted by Gasteiger charge is 2.33. The molecule has 1 atom stereocenters. The van der Waals surface area contributed by atoms with Crippen LogP contribution in [-0.2, 0) is 16.1 Å². The first kappa shape index (κ1) is 30.8. The Morgan fingerprint density at radius 2 is 1.86 bits per heavy atom. The summed E-state index contributed by atoms with van der Waals surface area (Å²) in [6.07, 6.45) is 3.41. The fourth-order valence-electron chi connectivity index (χ4n) is 4.88. The second-order valence-electron chi connectivity index (χ2n) is 9.67. The van der Waals surface area contributed by atoms with Gasteiger partial charge in [0.1, 0.15) is 6.61 Å². The molecule has 226 valence electrons. The zero-order valence-electron chi connectivity index (χ0n) is 24.4. The van der Waals surface area contributed by atoms with E-state index < -0.39 is 22.5 Å². The highest BCUT2D eigenvalue weighted by atomic mass is 32.2. The standard InChI is InChI=1S/C32H29N3O7S2/c1-5-41-31(37)28-19(2)33-32-34(29(28)21-11-13-23(43-4)14-12-21)30(36)27(44-32)16-22-15-25(40-3)26(17-24(22)35(38)39)42-18-20-9-7-6-8-10-20/h6-17,29H,5,18H2,1-4H3/b27-16-/t29-/m0/s1. The number of aromatic nitrogens is 1. The Hall–Kier alpha value is -4.68. The molecular weight excluding hydrogens is 603 g/mol. The van der Waals surface area contributed by atoms with Gasteiger partial charge in [-0.15, -0.1) is 11.8 Å². The summed E-state index contributed by atoms with van der Waals surface area (Å²) >= 11 is 2.66. The third-order valence-electron chi connectivity index (χ3n) is 6.98. The first-order valence-electron chi connectivity index (χ1n) is 13.6. The minimum Gasteiger partial charge on any atom is -0.493 e. The lowest BCUT2D eigenvalue weighted by Crippen LogP contribution is -2.39. The molecule has 0 bridgehead atoms. The lowest BCUT2D eigenvalue weighted by Gasteiger charge is -2.24. The second kappa shape index (κ2) is 13.3. The Morgan fingerprint density at radius 3 is 2.50 bits per heavy atom. The van der Waals surface area contributed by atoms with Gasteiger partial charge in [0.25, 0.3) is 11.2 Å². The van der Waals surface area contributed by atoms with Gasteiger partial charge in [-0.1, -0.05) is 53.8 Å². The Kier molecular flexibility index (Phi) is 9.31. The summed E-state index contributed by atoms with van der Waals surface area (Å²) in [7, 11) is 1.44. The summed E-state index contributed by atoms with van der Waals surface area (Å²) in [5, 5.41) is 12.2. The Morgan fingerprint density at radius 1 is 1.14 bits per heavy atom. The van der Waals surface area contributed by atoms with Gasteiger partial charge in [-0.2, -0.15) is 0 Å². The fraction of sp³-hybridized carbons (Fsp3) is 0.219. The molecule has 4 aromatic rings. The molecule has 1 aromatic heterocycles. The molecule has 1 aliphatic rings. The number of hydrogen-bond donors (Lipinski definition) is 0. The zero-order chi connectivity index (χ0) is 31.4. The van der Waals surface area contributed by atoms with E-state index in [-0.39, 0.29) is 46.1 Å². The lowest BCUT2D eigenvalue weighted by molar-refractivity contribution is -0.385. The number of carbonyl (C=O) groups is 1. The molecule has 0 unspecified atom stereocenters. The van der Waals surface area contributed by atoms with E-state index in [0.717, 1.165) is 21.8 Å². The molecule has 5 rings (SSSR count). The van der Waals surface area contributed by atoms with E-state index in [0.29, 0.717) is 16.1 Å². The van der Waals surface area contributed by atoms with E-state index in [2.05, 4.69) is 4.99 Å². The number of nitro groups is 1. The number of thioether (sulfide) groups is 1. The smallest absolute Gasteiger partial charge is 0.338 e. The maximum atomic E-state index is 14.0. The molecule has 0 saturated carbocycles. The van der Waals surface area contributed by atoms with Crippen molar-refractivity contribution in [1.82, 2.24) is 4.57 Å². The van der Waals surface area contributed by atoms with Crippen molar-refractivity contribution in [1.29, 1.82) is 0 Å². The summed E-state index contributed by atoms with van der Waals surface area (Å²) < 4.78 is 18.4. The number of nitrogens with zero attached hydrogens (tertiary/aromatic N) is 3. The summed E-state index contributed by atoms with van der Waals surface area (Å²) in [6.45, 7) is 3.77. The predicted molar refractivity (Wildman–Crippen MR) is 169 cm³/mol. The summed E-state index contributed by atoms with van der Waals surface area (Å²) in [5.74, 6) is -0.0868. The number of esters is 1. The van der Waals surface area contributed by atoms with Crippen LogP contribution in [0.5, 0.6) is 11.5 Å². The van der Waals surface area contributed by atoms with E-state index in [9.17, 15) is 19.7 Å². The van der Waals surface area contributed by atoms with Gasteiger partial charge in [0, 0.05) is 4.90 Å². The molecule has 0 aliphatic carbocycles. The van der Waals surface area contributed by atoms with E-state index in [4.69, 9.17) is 14.2 Å². The Bertz CT molecular complexity index is 1930. The third-order valence-corrected chi connectivity index (χ3v) is 8.71. The van der Waals surface area contributed by atoms with Gasteiger partial charge in [0.15, 0.2) is 16.3 Å². The highest BCUT2D eigenvalue weighted by molar-refractivity contribution is 7.98. The van der Waals surface area contributed by atoms with Crippen molar-refractivity contribution in [2.45, 2.75) is 31.4 Å². The maximum Gasteiger partial charge on any atom is 0.338 e. The summed E-state index contributed by atoms with van der Waals surface area (Å²) in [6, 6.07) is 19.0. The Labute approximate surface area is 261 Å². The monoisotopic (exact) mass is 631 g/mol. The van der Waals surface area contributed by atoms with Crippen molar-refractivity contribution in [2.24, 2.45) is 4.99 Å². The van der Waals surface area contributed by atoms with Crippen LogP contribution in [0.4, 0.5) is 5.69 Å².